The molecule has 2 aromatic carbocycles. The van der Waals surface area contributed by atoms with Crippen LogP contribution < -0.4 is 10.1 Å². The standard InChI is InChI=1S/C20H16N2O4/c1-24-16-9-5-8-14-10-18(25-19(14)16)20(23)21-12-15-11-17(26-22-15)13-6-3-2-4-7-13/h2-11H,12H2,1H3,(H,21,23). The second-order valence-electron chi connectivity index (χ2n) is 5.72. The lowest BCUT2D eigenvalue weighted by atomic mass is 10.2. The van der Waals surface area contributed by atoms with Gasteiger partial charge in [-0.15, -0.1) is 0 Å². The van der Waals surface area contributed by atoms with E-state index in [-0.39, 0.29) is 18.2 Å². The molecule has 0 bridgehead atoms. The van der Waals surface area contributed by atoms with Crippen LogP contribution in [0.5, 0.6) is 5.75 Å². The number of benzene rings is 2. The van der Waals surface area contributed by atoms with Crippen molar-refractivity contribution in [3.63, 3.8) is 0 Å². The highest BCUT2D eigenvalue weighted by molar-refractivity contribution is 5.97. The minimum Gasteiger partial charge on any atom is -0.493 e. The largest absolute Gasteiger partial charge is 0.493 e. The second-order valence-corrected chi connectivity index (χ2v) is 5.72. The van der Waals surface area contributed by atoms with Gasteiger partial charge in [0.15, 0.2) is 22.9 Å². The van der Waals surface area contributed by atoms with Crippen molar-refractivity contribution in [3.05, 3.63) is 72.1 Å². The Labute approximate surface area is 149 Å². The van der Waals surface area contributed by atoms with Gasteiger partial charge in [0.2, 0.25) is 0 Å². The molecule has 0 atom stereocenters. The summed E-state index contributed by atoms with van der Waals surface area (Å²) < 4.78 is 16.2. The van der Waals surface area contributed by atoms with Gasteiger partial charge in [0.25, 0.3) is 5.91 Å². The number of amides is 1. The molecule has 0 aliphatic carbocycles. The first-order valence-corrected chi connectivity index (χ1v) is 8.10. The zero-order valence-corrected chi connectivity index (χ0v) is 14.1. The van der Waals surface area contributed by atoms with Crippen molar-refractivity contribution in [2.45, 2.75) is 6.54 Å². The maximum atomic E-state index is 12.4. The molecule has 130 valence electrons. The second kappa shape index (κ2) is 6.76. The predicted octanol–water partition coefficient (Wildman–Crippen LogP) is 4.03. The third kappa shape index (κ3) is 3.04. The molecule has 1 N–H and O–H groups in total. The highest BCUT2D eigenvalue weighted by atomic mass is 16.5. The Morgan fingerprint density at radius 1 is 1.12 bits per heavy atom. The van der Waals surface area contributed by atoms with Crippen molar-refractivity contribution in [3.8, 4) is 17.1 Å². The van der Waals surface area contributed by atoms with Crippen LogP contribution in [-0.2, 0) is 6.54 Å². The summed E-state index contributed by atoms with van der Waals surface area (Å²) in [7, 11) is 1.56. The average Bonchev–Trinajstić information content (AvgIpc) is 3.33. The van der Waals surface area contributed by atoms with E-state index in [1.165, 1.54) is 0 Å². The Balaban J connectivity index is 1.47. The van der Waals surface area contributed by atoms with Gasteiger partial charge in [-0.3, -0.25) is 4.79 Å². The zero-order chi connectivity index (χ0) is 17.9. The molecule has 0 saturated carbocycles. The number of para-hydroxylation sites is 1. The molecule has 0 aliphatic rings. The summed E-state index contributed by atoms with van der Waals surface area (Å²) in [5, 5.41) is 7.58. The lowest BCUT2D eigenvalue weighted by Crippen LogP contribution is -2.22. The molecule has 0 aliphatic heterocycles. The summed E-state index contributed by atoms with van der Waals surface area (Å²) in [6.07, 6.45) is 0. The number of furan rings is 1. The van der Waals surface area contributed by atoms with Gasteiger partial charge >= 0.3 is 0 Å². The van der Waals surface area contributed by atoms with Crippen LogP contribution >= 0.6 is 0 Å². The molecule has 2 heterocycles. The zero-order valence-electron chi connectivity index (χ0n) is 14.1. The van der Waals surface area contributed by atoms with Gasteiger partial charge in [0.1, 0.15) is 5.69 Å². The van der Waals surface area contributed by atoms with Gasteiger partial charge < -0.3 is 19.0 Å². The van der Waals surface area contributed by atoms with Crippen LogP contribution in [0.1, 0.15) is 16.2 Å². The Morgan fingerprint density at radius 2 is 1.96 bits per heavy atom. The third-order valence-corrected chi connectivity index (χ3v) is 4.00. The fourth-order valence-corrected chi connectivity index (χ4v) is 2.70. The quantitative estimate of drug-likeness (QED) is 0.589. The van der Waals surface area contributed by atoms with E-state index in [1.807, 2.05) is 42.5 Å². The molecule has 0 spiro atoms. The number of nitrogens with one attached hydrogen (secondary N) is 1. The van der Waals surface area contributed by atoms with Crippen molar-refractivity contribution >= 4 is 16.9 Å². The van der Waals surface area contributed by atoms with E-state index in [0.717, 1.165) is 10.9 Å². The molecule has 0 fully saturated rings. The van der Waals surface area contributed by atoms with E-state index in [0.29, 0.717) is 22.8 Å². The number of hydrogen-bond donors (Lipinski definition) is 1. The third-order valence-electron chi connectivity index (χ3n) is 4.00. The van der Waals surface area contributed by atoms with Crippen molar-refractivity contribution in [2.75, 3.05) is 7.11 Å². The van der Waals surface area contributed by atoms with Crippen LogP contribution in [0.3, 0.4) is 0 Å². The summed E-state index contributed by atoms with van der Waals surface area (Å²) in [6.45, 7) is 0.239. The van der Waals surface area contributed by atoms with E-state index in [4.69, 9.17) is 13.7 Å². The lowest BCUT2D eigenvalue weighted by Gasteiger charge is -2.00. The molecule has 4 rings (SSSR count). The first-order chi connectivity index (χ1) is 12.7. The molecule has 26 heavy (non-hydrogen) atoms. The number of fused-ring (bicyclic) bond motifs is 1. The lowest BCUT2D eigenvalue weighted by molar-refractivity contribution is 0.0924. The number of hydrogen-bond acceptors (Lipinski definition) is 5. The fraction of sp³-hybridized carbons (Fsp3) is 0.100. The summed E-state index contributed by atoms with van der Waals surface area (Å²) in [5.74, 6) is 1.14. The van der Waals surface area contributed by atoms with Gasteiger partial charge in [-0.1, -0.05) is 47.6 Å². The number of nitrogens with zero attached hydrogens (tertiary/aromatic N) is 1. The number of methoxy groups -OCH3 is 1. The Morgan fingerprint density at radius 3 is 2.77 bits per heavy atom. The topological polar surface area (TPSA) is 77.5 Å². The van der Waals surface area contributed by atoms with Crippen LogP contribution in [0.4, 0.5) is 0 Å². The molecule has 4 aromatic rings. The van der Waals surface area contributed by atoms with Crippen molar-refractivity contribution < 1.29 is 18.5 Å². The van der Waals surface area contributed by atoms with Crippen molar-refractivity contribution in [2.24, 2.45) is 0 Å². The highest BCUT2D eigenvalue weighted by Gasteiger charge is 2.15. The van der Waals surface area contributed by atoms with Crippen LogP contribution in [0.15, 0.2) is 69.6 Å². The fourth-order valence-electron chi connectivity index (χ4n) is 2.70. The summed E-state index contributed by atoms with van der Waals surface area (Å²) in [4.78, 5) is 12.4. The highest BCUT2D eigenvalue weighted by Crippen LogP contribution is 2.28. The number of ether oxygens (including phenoxy) is 1. The van der Waals surface area contributed by atoms with Crippen LogP contribution in [0, 0.1) is 0 Å². The SMILES string of the molecule is COc1cccc2cc(C(=O)NCc3cc(-c4ccccc4)on3)oc12. The summed E-state index contributed by atoms with van der Waals surface area (Å²) in [5.41, 5.74) is 2.11. The Hall–Kier alpha value is -3.54. The van der Waals surface area contributed by atoms with Crippen LogP contribution in [0.2, 0.25) is 0 Å². The molecule has 6 heteroatoms. The average molecular weight is 348 g/mol. The number of aromatic nitrogens is 1. The molecular formula is C20H16N2O4. The Bertz CT molecular complexity index is 1050. The van der Waals surface area contributed by atoms with E-state index >= 15 is 0 Å². The molecule has 1 amide bonds. The van der Waals surface area contributed by atoms with E-state index in [2.05, 4.69) is 10.5 Å². The first kappa shape index (κ1) is 16.0. The predicted molar refractivity (Wildman–Crippen MR) is 95.9 cm³/mol. The summed E-state index contributed by atoms with van der Waals surface area (Å²) in [6, 6.07) is 18.6. The van der Waals surface area contributed by atoms with Gasteiger partial charge in [-0.2, -0.15) is 0 Å². The Kier molecular flexibility index (Phi) is 4.15. The molecule has 0 unspecified atom stereocenters. The van der Waals surface area contributed by atoms with Crippen LogP contribution in [0.25, 0.3) is 22.3 Å². The normalized spacial score (nSPS) is 10.8. The first-order valence-electron chi connectivity index (χ1n) is 8.10. The van der Waals surface area contributed by atoms with Gasteiger partial charge in [0, 0.05) is 17.0 Å². The van der Waals surface area contributed by atoms with Crippen molar-refractivity contribution in [1.29, 1.82) is 0 Å². The molecule has 6 nitrogen and oxygen atoms in total. The number of carbonyl (C=O) groups excluding carboxylic acids is 1. The van der Waals surface area contributed by atoms with Gasteiger partial charge in [-0.25, -0.2) is 0 Å². The molecular weight excluding hydrogens is 332 g/mol. The smallest absolute Gasteiger partial charge is 0.287 e. The van der Waals surface area contributed by atoms with E-state index in [9.17, 15) is 4.79 Å². The van der Waals surface area contributed by atoms with E-state index in [1.54, 1.807) is 25.3 Å². The maximum absolute atomic E-state index is 12.4. The van der Waals surface area contributed by atoms with Gasteiger partial charge in [-0.05, 0) is 12.1 Å². The number of carbonyl (C=O) groups is 1. The van der Waals surface area contributed by atoms with Crippen molar-refractivity contribution in [1.82, 2.24) is 10.5 Å². The molecule has 0 saturated heterocycles. The monoisotopic (exact) mass is 348 g/mol. The molecule has 2 aromatic heterocycles. The maximum Gasteiger partial charge on any atom is 0.287 e. The molecule has 0 radical (unpaired) electrons. The van der Waals surface area contributed by atoms with E-state index < -0.39 is 0 Å². The van der Waals surface area contributed by atoms with Gasteiger partial charge in [0.05, 0.1) is 13.7 Å². The summed E-state index contributed by atoms with van der Waals surface area (Å²) >= 11 is 0. The number of rotatable bonds is 5. The van der Waals surface area contributed by atoms with Crippen LogP contribution in [-0.4, -0.2) is 18.2 Å². The minimum atomic E-state index is -0.326. The minimum absolute atomic E-state index is 0.219.